The zero-order valence-corrected chi connectivity index (χ0v) is 15.6. The molecule has 0 amide bonds. The van der Waals surface area contributed by atoms with Crippen molar-refractivity contribution in [3.05, 3.63) is 59.9 Å². The molecule has 0 aliphatic carbocycles. The molecule has 9 nitrogen and oxygen atoms in total. The van der Waals surface area contributed by atoms with Gasteiger partial charge in [0.15, 0.2) is 5.82 Å². The van der Waals surface area contributed by atoms with Gasteiger partial charge in [0.1, 0.15) is 23.8 Å². The molecule has 0 saturated carbocycles. The lowest BCUT2D eigenvalue weighted by Gasteiger charge is -2.08. The molecule has 4 aromatic rings. The van der Waals surface area contributed by atoms with Gasteiger partial charge in [-0.1, -0.05) is 5.21 Å². The zero-order valence-electron chi connectivity index (χ0n) is 15.6. The summed E-state index contributed by atoms with van der Waals surface area (Å²) in [6.07, 6.45) is 2.02. The van der Waals surface area contributed by atoms with Crippen LogP contribution in [0.5, 0.6) is 5.88 Å². The second kappa shape index (κ2) is 7.70. The summed E-state index contributed by atoms with van der Waals surface area (Å²) >= 11 is 0. The van der Waals surface area contributed by atoms with Crippen molar-refractivity contribution in [2.75, 3.05) is 0 Å². The summed E-state index contributed by atoms with van der Waals surface area (Å²) in [6.45, 7) is 1.97. The van der Waals surface area contributed by atoms with E-state index in [2.05, 4.69) is 30.5 Å². The molecule has 0 fully saturated rings. The minimum absolute atomic E-state index is 0.106. The number of alkyl halides is 2. The molecule has 0 N–H and O–H groups in total. The SMILES string of the molecule is Cc1nccn1-c1ccc(OCc2c(-c3ccc(C(F)F)cn3)nnn2C)nn1. The van der Waals surface area contributed by atoms with Crippen LogP contribution in [0.25, 0.3) is 17.2 Å². The van der Waals surface area contributed by atoms with Crippen LogP contribution in [-0.4, -0.2) is 39.7 Å². The number of halogens is 2. The number of imidazole rings is 1. The van der Waals surface area contributed by atoms with Gasteiger partial charge in [-0.2, -0.15) is 0 Å². The first-order chi connectivity index (χ1) is 14.0. The molecule has 0 radical (unpaired) electrons. The van der Waals surface area contributed by atoms with Crippen LogP contribution in [-0.2, 0) is 13.7 Å². The van der Waals surface area contributed by atoms with E-state index in [9.17, 15) is 8.78 Å². The Morgan fingerprint density at radius 3 is 2.55 bits per heavy atom. The number of aromatic nitrogens is 8. The van der Waals surface area contributed by atoms with Crippen molar-refractivity contribution in [2.24, 2.45) is 7.05 Å². The highest BCUT2D eigenvalue weighted by molar-refractivity contribution is 5.56. The summed E-state index contributed by atoms with van der Waals surface area (Å²) in [6, 6.07) is 6.26. The highest BCUT2D eigenvalue weighted by atomic mass is 19.3. The van der Waals surface area contributed by atoms with Crippen molar-refractivity contribution < 1.29 is 13.5 Å². The summed E-state index contributed by atoms with van der Waals surface area (Å²) < 4.78 is 34.5. The largest absolute Gasteiger partial charge is 0.470 e. The molecule has 4 aromatic heterocycles. The quantitative estimate of drug-likeness (QED) is 0.493. The van der Waals surface area contributed by atoms with Gasteiger partial charge in [-0.15, -0.1) is 15.3 Å². The minimum Gasteiger partial charge on any atom is -0.470 e. The lowest BCUT2D eigenvalue weighted by atomic mass is 10.2. The van der Waals surface area contributed by atoms with Gasteiger partial charge in [-0.05, 0) is 25.1 Å². The molecule has 0 unspecified atom stereocenters. The maximum atomic E-state index is 12.7. The number of aryl methyl sites for hydroxylation is 2. The first-order valence-electron chi connectivity index (χ1n) is 8.63. The van der Waals surface area contributed by atoms with E-state index in [1.807, 2.05) is 6.92 Å². The second-order valence-corrected chi connectivity index (χ2v) is 6.15. The van der Waals surface area contributed by atoms with E-state index in [1.54, 1.807) is 36.1 Å². The van der Waals surface area contributed by atoms with Crippen LogP contribution in [0.15, 0.2) is 42.9 Å². The van der Waals surface area contributed by atoms with Crippen molar-refractivity contribution in [2.45, 2.75) is 20.0 Å². The lowest BCUT2D eigenvalue weighted by Crippen LogP contribution is -2.07. The maximum absolute atomic E-state index is 12.7. The average Bonchev–Trinajstić information content (AvgIpc) is 3.32. The standard InChI is InChI=1S/C18H16F2N8O/c1-11-21-7-8-28(11)15-5-6-16(24-23-15)29-10-14-17(25-26-27(14)2)13-4-3-12(9-22-13)18(19)20/h3-9,18H,10H2,1-2H3. The van der Waals surface area contributed by atoms with Crippen molar-refractivity contribution in [3.8, 4) is 23.1 Å². The van der Waals surface area contributed by atoms with Crippen molar-refractivity contribution in [1.82, 2.24) is 39.7 Å². The molecule has 0 spiro atoms. The summed E-state index contributed by atoms with van der Waals surface area (Å²) in [5, 5.41) is 16.2. The fraction of sp³-hybridized carbons (Fsp3) is 0.222. The van der Waals surface area contributed by atoms with Gasteiger partial charge in [-0.3, -0.25) is 9.55 Å². The first kappa shape index (κ1) is 18.6. The Bertz CT molecular complexity index is 1110. The molecule has 4 heterocycles. The van der Waals surface area contributed by atoms with E-state index in [0.717, 1.165) is 12.0 Å². The molecule has 11 heteroatoms. The normalized spacial score (nSPS) is 11.2. The molecule has 0 aliphatic rings. The fourth-order valence-corrected chi connectivity index (χ4v) is 2.69. The molecule has 0 saturated heterocycles. The van der Waals surface area contributed by atoms with Gasteiger partial charge in [0.05, 0.1) is 5.69 Å². The maximum Gasteiger partial charge on any atom is 0.265 e. The Hall–Kier alpha value is -3.76. The smallest absolute Gasteiger partial charge is 0.265 e. The van der Waals surface area contributed by atoms with Crippen LogP contribution >= 0.6 is 0 Å². The summed E-state index contributed by atoms with van der Waals surface area (Å²) in [5.74, 6) is 1.74. The molecule has 29 heavy (non-hydrogen) atoms. The predicted octanol–water partition coefficient (Wildman–Crippen LogP) is 2.68. The average molecular weight is 398 g/mol. The number of ether oxygens (including phenoxy) is 1. The predicted molar refractivity (Wildman–Crippen MR) is 97.4 cm³/mol. The van der Waals surface area contributed by atoms with Gasteiger partial charge < -0.3 is 4.74 Å². The molecule has 4 rings (SSSR count). The van der Waals surface area contributed by atoms with Crippen LogP contribution in [0, 0.1) is 6.92 Å². The van der Waals surface area contributed by atoms with Crippen LogP contribution in [0.3, 0.4) is 0 Å². The fourth-order valence-electron chi connectivity index (χ4n) is 2.69. The molecule has 0 bridgehead atoms. The van der Waals surface area contributed by atoms with E-state index in [4.69, 9.17) is 4.74 Å². The third kappa shape index (κ3) is 3.79. The van der Waals surface area contributed by atoms with Crippen LogP contribution in [0.1, 0.15) is 23.5 Å². The van der Waals surface area contributed by atoms with E-state index in [0.29, 0.717) is 28.8 Å². The van der Waals surface area contributed by atoms with Crippen molar-refractivity contribution in [1.29, 1.82) is 0 Å². The minimum atomic E-state index is -2.58. The number of nitrogens with zero attached hydrogens (tertiary/aromatic N) is 8. The third-order valence-corrected chi connectivity index (χ3v) is 4.28. The van der Waals surface area contributed by atoms with Gasteiger partial charge >= 0.3 is 0 Å². The zero-order chi connectivity index (χ0) is 20.4. The Morgan fingerprint density at radius 1 is 1.07 bits per heavy atom. The van der Waals surface area contributed by atoms with Crippen LogP contribution in [0.2, 0.25) is 0 Å². The second-order valence-electron chi connectivity index (χ2n) is 6.15. The number of hydrogen-bond donors (Lipinski definition) is 0. The Morgan fingerprint density at radius 2 is 1.93 bits per heavy atom. The van der Waals surface area contributed by atoms with Crippen molar-refractivity contribution >= 4 is 0 Å². The molecular formula is C18H16F2N8O. The van der Waals surface area contributed by atoms with E-state index in [1.165, 1.54) is 16.8 Å². The number of rotatable bonds is 6. The Balaban J connectivity index is 1.50. The highest BCUT2D eigenvalue weighted by Gasteiger charge is 2.16. The summed E-state index contributed by atoms with van der Waals surface area (Å²) in [5.41, 5.74) is 1.35. The van der Waals surface area contributed by atoms with Gasteiger partial charge in [-0.25, -0.2) is 18.4 Å². The Labute approximate surface area is 164 Å². The molecule has 148 valence electrons. The number of hydrogen-bond acceptors (Lipinski definition) is 7. The van der Waals surface area contributed by atoms with Gasteiger partial charge in [0.25, 0.3) is 6.43 Å². The Kier molecular flexibility index (Phi) is 4.94. The summed E-state index contributed by atoms with van der Waals surface area (Å²) in [7, 11) is 1.71. The molecule has 0 aliphatic heterocycles. The molecule has 0 aromatic carbocycles. The highest BCUT2D eigenvalue weighted by Crippen LogP contribution is 2.23. The topological polar surface area (TPSA) is 96.4 Å². The monoisotopic (exact) mass is 398 g/mol. The van der Waals surface area contributed by atoms with E-state index in [-0.39, 0.29) is 12.2 Å². The first-order valence-corrected chi connectivity index (χ1v) is 8.63. The molecule has 0 atom stereocenters. The van der Waals surface area contributed by atoms with Gasteiger partial charge in [0, 0.05) is 37.3 Å². The van der Waals surface area contributed by atoms with E-state index >= 15 is 0 Å². The van der Waals surface area contributed by atoms with E-state index < -0.39 is 6.43 Å². The van der Waals surface area contributed by atoms with Crippen LogP contribution < -0.4 is 4.74 Å². The lowest BCUT2D eigenvalue weighted by molar-refractivity contribution is 0.151. The molecular weight excluding hydrogens is 382 g/mol. The van der Waals surface area contributed by atoms with Crippen LogP contribution in [0.4, 0.5) is 8.78 Å². The number of pyridine rings is 1. The third-order valence-electron chi connectivity index (χ3n) is 4.28. The van der Waals surface area contributed by atoms with Crippen molar-refractivity contribution in [3.63, 3.8) is 0 Å². The van der Waals surface area contributed by atoms with Gasteiger partial charge in [0.2, 0.25) is 5.88 Å². The summed E-state index contributed by atoms with van der Waals surface area (Å²) in [4.78, 5) is 8.21.